The minimum absolute atomic E-state index is 0.133. The number of quaternary nitrogens is 1. The molecule has 2 aromatic heterocycles. The summed E-state index contributed by atoms with van der Waals surface area (Å²) < 4.78 is 7.13. The first-order chi connectivity index (χ1) is 14.5. The largest absolute Gasteiger partial charge is 0.370 e. The summed E-state index contributed by atoms with van der Waals surface area (Å²) in [5.41, 5.74) is 5.19. The Kier molecular flexibility index (Phi) is 6.32. The van der Waals surface area contributed by atoms with Crippen molar-refractivity contribution < 1.29 is 14.4 Å². The maximum atomic E-state index is 12.7. The summed E-state index contributed by atoms with van der Waals surface area (Å²) in [7, 11) is 0. The molecule has 1 saturated heterocycles. The highest BCUT2D eigenvalue weighted by Gasteiger charge is 2.19. The van der Waals surface area contributed by atoms with Gasteiger partial charge in [0.25, 0.3) is 5.91 Å². The number of morpholine rings is 1. The molecule has 2 N–H and O–H groups in total. The Morgan fingerprint density at radius 3 is 2.87 bits per heavy atom. The predicted molar refractivity (Wildman–Crippen MR) is 115 cm³/mol. The minimum atomic E-state index is -0.133. The Morgan fingerprint density at radius 1 is 1.30 bits per heavy atom. The van der Waals surface area contributed by atoms with E-state index in [1.54, 1.807) is 10.7 Å². The van der Waals surface area contributed by atoms with E-state index in [0.29, 0.717) is 29.2 Å². The molecule has 0 bridgehead atoms. The number of hydrogen-bond acceptors (Lipinski definition) is 4. The molecule has 0 atom stereocenters. The van der Waals surface area contributed by atoms with Crippen LogP contribution in [0.1, 0.15) is 32.9 Å². The zero-order valence-corrected chi connectivity index (χ0v) is 18.1. The third kappa shape index (κ3) is 4.48. The van der Waals surface area contributed by atoms with Crippen molar-refractivity contribution in [3.63, 3.8) is 0 Å². The molecule has 3 aromatic rings. The van der Waals surface area contributed by atoms with E-state index in [9.17, 15) is 4.79 Å². The number of fused-ring (bicyclic) bond motifs is 1. The van der Waals surface area contributed by atoms with Crippen molar-refractivity contribution in [2.45, 2.75) is 20.3 Å². The summed E-state index contributed by atoms with van der Waals surface area (Å²) in [6, 6.07) is 7.82. The smallest absolute Gasteiger partial charge is 0.256 e. The maximum Gasteiger partial charge on any atom is 0.256 e. The monoisotopic (exact) mass is 428 g/mol. The average Bonchev–Trinajstić information content (AvgIpc) is 3.16. The lowest BCUT2D eigenvalue weighted by Crippen LogP contribution is -3.14. The van der Waals surface area contributed by atoms with Crippen molar-refractivity contribution in [3.05, 3.63) is 63.6 Å². The molecule has 1 aliphatic rings. The lowest BCUT2D eigenvalue weighted by molar-refractivity contribution is -0.906. The van der Waals surface area contributed by atoms with E-state index in [1.807, 2.05) is 38.1 Å². The quantitative estimate of drug-likeness (QED) is 0.619. The van der Waals surface area contributed by atoms with Crippen LogP contribution in [0.5, 0.6) is 0 Å². The Balaban J connectivity index is 1.51. The molecule has 1 amide bonds. The van der Waals surface area contributed by atoms with Crippen LogP contribution in [0.25, 0.3) is 5.65 Å². The van der Waals surface area contributed by atoms with Crippen LogP contribution in [-0.4, -0.2) is 59.9 Å². The summed E-state index contributed by atoms with van der Waals surface area (Å²) in [4.78, 5) is 18.9. The van der Waals surface area contributed by atoms with Gasteiger partial charge in [-0.05, 0) is 37.1 Å². The molecule has 0 spiro atoms. The van der Waals surface area contributed by atoms with Gasteiger partial charge in [0, 0.05) is 22.8 Å². The van der Waals surface area contributed by atoms with Gasteiger partial charge in [0.1, 0.15) is 18.7 Å². The zero-order chi connectivity index (χ0) is 21.1. The summed E-state index contributed by atoms with van der Waals surface area (Å²) in [5, 5.41) is 8.18. The van der Waals surface area contributed by atoms with Gasteiger partial charge in [0.05, 0.1) is 32.5 Å². The Labute approximate surface area is 181 Å². The Morgan fingerprint density at radius 2 is 2.10 bits per heavy atom. The molecule has 30 heavy (non-hydrogen) atoms. The molecular weight excluding hydrogens is 402 g/mol. The summed E-state index contributed by atoms with van der Waals surface area (Å²) in [6.45, 7) is 9.06. The average molecular weight is 429 g/mol. The number of hydrogen-bond donors (Lipinski definition) is 2. The van der Waals surface area contributed by atoms with E-state index in [-0.39, 0.29) is 5.91 Å². The lowest BCUT2D eigenvalue weighted by Gasteiger charge is -2.23. The number of benzene rings is 1. The molecule has 1 aromatic carbocycles. The second-order valence-corrected chi connectivity index (χ2v) is 8.17. The molecule has 0 unspecified atom stereocenters. The van der Waals surface area contributed by atoms with Crippen LogP contribution in [0.4, 0.5) is 0 Å². The molecule has 4 rings (SSSR count). The van der Waals surface area contributed by atoms with Crippen molar-refractivity contribution in [2.75, 3.05) is 39.4 Å². The van der Waals surface area contributed by atoms with Crippen molar-refractivity contribution in [1.29, 1.82) is 0 Å². The van der Waals surface area contributed by atoms with Gasteiger partial charge in [0.2, 0.25) is 0 Å². The van der Waals surface area contributed by atoms with Crippen molar-refractivity contribution in [2.24, 2.45) is 0 Å². The standard InChI is InChI=1S/C22H26ClN5O2/c1-15-19(13-17-4-3-5-18(23)12-17)16(2)28-21(26-15)20(14-25-28)22(29)24-6-7-27-8-10-30-11-9-27/h3-5,12,14H,6-11,13H2,1-2H3,(H,24,29)/p+1. The molecule has 3 heterocycles. The first kappa shape index (κ1) is 20.8. The van der Waals surface area contributed by atoms with Crippen molar-refractivity contribution in [3.8, 4) is 0 Å². The Hall–Kier alpha value is -2.48. The number of ether oxygens (including phenoxy) is 1. The number of aryl methyl sites for hydroxylation is 2. The van der Waals surface area contributed by atoms with Gasteiger partial charge in [-0.3, -0.25) is 4.79 Å². The third-order valence-electron chi connectivity index (χ3n) is 5.69. The minimum Gasteiger partial charge on any atom is -0.370 e. The van der Waals surface area contributed by atoms with Crippen LogP contribution >= 0.6 is 11.6 Å². The SMILES string of the molecule is Cc1nc2c(C(=O)NCC[NH+]3CCOCC3)cnn2c(C)c1Cc1cccc(Cl)c1. The van der Waals surface area contributed by atoms with E-state index >= 15 is 0 Å². The highest BCUT2D eigenvalue weighted by atomic mass is 35.5. The number of carbonyl (C=O) groups excluding carboxylic acids is 1. The fourth-order valence-corrected chi connectivity index (χ4v) is 4.15. The van der Waals surface area contributed by atoms with E-state index in [2.05, 4.69) is 10.4 Å². The normalized spacial score (nSPS) is 14.9. The van der Waals surface area contributed by atoms with Crippen LogP contribution in [0.3, 0.4) is 0 Å². The summed E-state index contributed by atoms with van der Waals surface area (Å²) in [5.74, 6) is -0.133. The number of aromatic nitrogens is 3. The van der Waals surface area contributed by atoms with Crippen LogP contribution in [0, 0.1) is 13.8 Å². The van der Waals surface area contributed by atoms with E-state index in [0.717, 1.165) is 55.4 Å². The highest BCUT2D eigenvalue weighted by molar-refractivity contribution is 6.30. The van der Waals surface area contributed by atoms with Gasteiger partial charge in [-0.15, -0.1) is 0 Å². The van der Waals surface area contributed by atoms with Crippen molar-refractivity contribution >= 4 is 23.2 Å². The number of halogens is 1. The fraction of sp³-hybridized carbons (Fsp3) is 0.409. The molecule has 1 fully saturated rings. The van der Waals surface area contributed by atoms with Gasteiger partial charge < -0.3 is 15.0 Å². The molecule has 158 valence electrons. The second kappa shape index (κ2) is 9.12. The van der Waals surface area contributed by atoms with Crippen molar-refractivity contribution in [1.82, 2.24) is 19.9 Å². The Bertz CT molecular complexity index is 1060. The third-order valence-corrected chi connectivity index (χ3v) is 5.92. The summed E-state index contributed by atoms with van der Waals surface area (Å²) in [6.07, 6.45) is 2.32. The highest BCUT2D eigenvalue weighted by Crippen LogP contribution is 2.21. The van der Waals surface area contributed by atoms with Gasteiger partial charge >= 0.3 is 0 Å². The van der Waals surface area contributed by atoms with Crippen LogP contribution < -0.4 is 10.2 Å². The van der Waals surface area contributed by atoms with Gasteiger partial charge in [-0.2, -0.15) is 5.10 Å². The van der Waals surface area contributed by atoms with Gasteiger partial charge in [-0.25, -0.2) is 9.50 Å². The van der Waals surface area contributed by atoms with E-state index in [4.69, 9.17) is 21.3 Å². The van der Waals surface area contributed by atoms with Gasteiger partial charge in [-0.1, -0.05) is 23.7 Å². The van der Waals surface area contributed by atoms with Crippen LogP contribution in [-0.2, 0) is 11.2 Å². The molecule has 8 heteroatoms. The van der Waals surface area contributed by atoms with Crippen LogP contribution in [0.2, 0.25) is 5.02 Å². The predicted octanol–water partition coefficient (Wildman–Crippen LogP) is 1.24. The zero-order valence-electron chi connectivity index (χ0n) is 17.4. The molecule has 7 nitrogen and oxygen atoms in total. The number of nitrogens with zero attached hydrogens (tertiary/aromatic N) is 3. The van der Waals surface area contributed by atoms with E-state index < -0.39 is 0 Å². The second-order valence-electron chi connectivity index (χ2n) is 7.73. The number of amides is 1. The number of carbonyl (C=O) groups is 1. The topological polar surface area (TPSA) is 73.0 Å². The maximum absolute atomic E-state index is 12.7. The lowest BCUT2D eigenvalue weighted by atomic mass is 10.0. The molecular formula is C22H27ClN5O2+. The molecule has 0 saturated carbocycles. The van der Waals surface area contributed by atoms with Crippen LogP contribution in [0.15, 0.2) is 30.5 Å². The molecule has 1 aliphatic heterocycles. The first-order valence-corrected chi connectivity index (χ1v) is 10.7. The summed E-state index contributed by atoms with van der Waals surface area (Å²) >= 11 is 6.13. The van der Waals surface area contributed by atoms with Gasteiger partial charge in [0.15, 0.2) is 5.65 Å². The fourth-order valence-electron chi connectivity index (χ4n) is 3.94. The number of rotatable bonds is 6. The first-order valence-electron chi connectivity index (χ1n) is 10.3. The van der Waals surface area contributed by atoms with E-state index in [1.165, 1.54) is 4.90 Å². The number of nitrogens with one attached hydrogen (secondary N) is 2. The molecule has 0 radical (unpaired) electrons. The molecule has 0 aliphatic carbocycles.